The number of nitrogens with zero attached hydrogens (tertiary/aromatic N) is 4. The fraction of sp³-hybridized carbons (Fsp3) is 0.409. The number of ether oxygens (including phenoxy) is 2. The third-order valence-electron chi connectivity index (χ3n) is 6.22. The van der Waals surface area contributed by atoms with Crippen molar-refractivity contribution in [2.45, 2.75) is 25.9 Å². The number of nitrogens with one attached hydrogen (secondary N) is 2. The molecule has 3 aromatic rings. The lowest BCUT2D eigenvalue weighted by Crippen LogP contribution is -3.26. The number of fused-ring (bicyclic) bond motifs is 1. The van der Waals surface area contributed by atoms with Gasteiger partial charge in [-0.2, -0.15) is 0 Å². The zero-order valence-corrected chi connectivity index (χ0v) is 17.3. The molecule has 2 aliphatic heterocycles. The van der Waals surface area contributed by atoms with Crippen LogP contribution in [-0.2, 0) is 6.54 Å². The highest BCUT2D eigenvalue weighted by molar-refractivity contribution is 5.44. The Morgan fingerprint density at radius 1 is 1.00 bits per heavy atom. The molecular weight excluding hydrogens is 380 g/mol. The lowest BCUT2D eigenvalue weighted by Gasteiger charge is -2.33. The van der Waals surface area contributed by atoms with Gasteiger partial charge in [-0.3, -0.25) is 4.90 Å². The van der Waals surface area contributed by atoms with Crippen LogP contribution in [0.15, 0.2) is 48.5 Å². The number of hydrogen-bond donors (Lipinski definition) is 2. The summed E-state index contributed by atoms with van der Waals surface area (Å²) < 4.78 is 12.9. The van der Waals surface area contributed by atoms with Crippen LogP contribution in [0.5, 0.6) is 11.5 Å². The molecule has 2 N–H and O–H groups in total. The molecule has 8 heteroatoms. The van der Waals surface area contributed by atoms with Gasteiger partial charge in [-0.15, -0.1) is 5.10 Å². The van der Waals surface area contributed by atoms with Gasteiger partial charge in [-0.05, 0) is 40.3 Å². The van der Waals surface area contributed by atoms with Gasteiger partial charge in [0.2, 0.25) is 12.6 Å². The van der Waals surface area contributed by atoms with E-state index in [4.69, 9.17) is 9.47 Å². The van der Waals surface area contributed by atoms with Gasteiger partial charge in [0.05, 0.1) is 6.54 Å². The van der Waals surface area contributed by atoms with Crippen LogP contribution in [0, 0.1) is 0 Å². The maximum Gasteiger partial charge on any atom is 0.231 e. The quantitative estimate of drug-likeness (QED) is 0.602. The van der Waals surface area contributed by atoms with Crippen molar-refractivity contribution in [3.05, 3.63) is 59.9 Å². The van der Waals surface area contributed by atoms with E-state index in [0.29, 0.717) is 12.6 Å². The van der Waals surface area contributed by atoms with Crippen LogP contribution in [0.1, 0.15) is 30.8 Å². The van der Waals surface area contributed by atoms with Crippen molar-refractivity contribution in [3.63, 3.8) is 0 Å². The molecule has 1 fully saturated rings. The van der Waals surface area contributed by atoms with Gasteiger partial charge in [-0.1, -0.05) is 31.2 Å². The first-order valence-electron chi connectivity index (χ1n) is 10.7. The summed E-state index contributed by atoms with van der Waals surface area (Å²) in [4.78, 5) is 3.13. The normalized spacial score (nSPS) is 21.5. The molecule has 2 aromatic carbocycles. The number of aromatic nitrogens is 4. The molecule has 30 heavy (non-hydrogen) atoms. The molecule has 0 aliphatic carbocycles. The minimum absolute atomic E-state index is 0.285. The average Bonchev–Trinajstić information content (AvgIpc) is 3.45. The molecule has 8 nitrogen and oxygen atoms in total. The zero-order valence-electron chi connectivity index (χ0n) is 17.3. The molecule has 0 saturated carbocycles. The number of quaternary nitrogens is 2. The largest absolute Gasteiger partial charge is 0.454 e. The topological polar surface area (TPSA) is 70.9 Å². The molecular formula is C22H28N6O2+2. The van der Waals surface area contributed by atoms with E-state index >= 15 is 0 Å². The average molecular weight is 409 g/mol. The molecule has 1 saturated heterocycles. The Hall–Kier alpha value is -2.97. The summed E-state index contributed by atoms with van der Waals surface area (Å²) in [6.07, 6.45) is 1.01. The Balaban J connectivity index is 1.29. The first-order chi connectivity index (χ1) is 14.8. The third-order valence-corrected chi connectivity index (χ3v) is 6.22. The van der Waals surface area contributed by atoms with Crippen molar-refractivity contribution >= 4 is 5.69 Å². The van der Waals surface area contributed by atoms with Crippen LogP contribution < -0.4 is 19.3 Å². The molecule has 1 aromatic heterocycles. The number of hydrogen-bond acceptors (Lipinski definition) is 5. The molecule has 0 spiro atoms. The first kappa shape index (κ1) is 19.0. The van der Waals surface area contributed by atoms with E-state index < -0.39 is 0 Å². The van der Waals surface area contributed by atoms with Crippen molar-refractivity contribution in [3.8, 4) is 11.5 Å². The van der Waals surface area contributed by atoms with Crippen molar-refractivity contribution in [2.75, 3.05) is 33.0 Å². The van der Waals surface area contributed by atoms with Gasteiger partial charge in [-0.25, -0.2) is 4.68 Å². The molecule has 3 heterocycles. The van der Waals surface area contributed by atoms with E-state index in [2.05, 4.69) is 58.8 Å². The zero-order chi connectivity index (χ0) is 20.3. The van der Waals surface area contributed by atoms with Gasteiger partial charge >= 0.3 is 0 Å². The number of benzene rings is 2. The van der Waals surface area contributed by atoms with Crippen LogP contribution in [0.25, 0.3) is 0 Å². The van der Waals surface area contributed by atoms with Crippen LogP contribution in [-0.4, -0.2) is 53.2 Å². The summed E-state index contributed by atoms with van der Waals surface area (Å²) in [6.45, 7) is 7.61. The summed E-state index contributed by atoms with van der Waals surface area (Å²) >= 11 is 0. The predicted octanol–water partition coefficient (Wildman–Crippen LogP) is 0.0163. The Kier molecular flexibility index (Phi) is 5.33. The van der Waals surface area contributed by atoms with Crippen LogP contribution in [0.3, 0.4) is 0 Å². The van der Waals surface area contributed by atoms with Crippen molar-refractivity contribution in [1.82, 2.24) is 20.2 Å². The van der Waals surface area contributed by atoms with Gasteiger partial charge in [0, 0.05) is 6.42 Å². The number of para-hydroxylation sites is 1. The fourth-order valence-corrected chi connectivity index (χ4v) is 4.62. The smallest absolute Gasteiger partial charge is 0.231 e. The lowest BCUT2D eigenvalue weighted by molar-refractivity contribution is -1.01. The molecule has 2 aliphatic rings. The van der Waals surface area contributed by atoms with Crippen LogP contribution >= 0.6 is 0 Å². The minimum Gasteiger partial charge on any atom is -0.454 e. The number of tetrazole rings is 1. The third kappa shape index (κ3) is 3.76. The molecule has 0 unspecified atom stereocenters. The minimum atomic E-state index is 0.285. The van der Waals surface area contributed by atoms with E-state index in [1.54, 1.807) is 9.80 Å². The van der Waals surface area contributed by atoms with E-state index in [-0.39, 0.29) is 6.79 Å². The van der Waals surface area contributed by atoms with Gasteiger partial charge < -0.3 is 14.4 Å². The van der Waals surface area contributed by atoms with E-state index in [0.717, 1.165) is 55.5 Å². The van der Waals surface area contributed by atoms with E-state index in [9.17, 15) is 0 Å². The summed E-state index contributed by atoms with van der Waals surface area (Å²) in [5, 5.41) is 12.7. The van der Waals surface area contributed by atoms with E-state index in [1.165, 1.54) is 5.69 Å². The highest BCUT2D eigenvalue weighted by Gasteiger charge is 2.33. The molecule has 0 radical (unpaired) electrons. The second-order valence-electron chi connectivity index (χ2n) is 7.97. The molecule has 5 rings (SSSR count). The maximum absolute atomic E-state index is 5.51. The van der Waals surface area contributed by atoms with Crippen molar-refractivity contribution in [1.29, 1.82) is 0 Å². The van der Waals surface area contributed by atoms with Crippen LogP contribution in [0.4, 0.5) is 5.69 Å². The Morgan fingerprint density at radius 2 is 1.80 bits per heavy atom. The number of piperazine rings is 1. The highest BCUT2D eigenvalue weighted by Crippen LogP contribution is 2.32. The van der Waals surface area contributed by atoms with Gasteiger partial charge in [0.1, 0.15) is 37.9 Å². The van der Waals surface area contributed by atoms with Crippen molar-refractivity contribution in [2.24, 2.45) is 0 Å². The SMILES string of the molecule is CC[C@H](c1nnnn1Cc1ccc2c(c1)OCO2)[NH+]1CC[NH+](c2ccccc2)CC1. The Morgan fingerprint density at radius 3 is 2.60 bits per heavy atom. The predicted molar refractivity (Wildman–Crippen MR) is 110 cm³/mol. The first-order valence-corrected chi connectivity index (χ1v) is 10.7. The number of rotatable bonds is 6. The monoisotopic (exact) mass is 408 g/mol. The summed E-state index contributed by atoms with van der Waals surface area (Å²) in [5.41, 5.74) is 2.49. The lowest BCUT2D eigenvalue weighted by atomic mass is 10.1. The van der Waals surface area contributed by atoms with Gasteiger partial charge in [0.15, 0.2) is 11.5 Å². The van der Waals surface area contributed by atoms with E-state index in [1.807, 2.05) is 16.8 Å². The summed E-state index contributed by atoms with van der Waals surface area (Å²) in [7, 11) is 0. The summed E-state index contributed by atoms with van der Waals surface area (Å²) in [5.74, 6) is 2.55. The molecule has 1 atom stereocenters. The second-order valence-corrected chi connectivity index (χ2v) is 7.97. The molecule has 0 amide bonds. The molecule has 0 bridgehead atoms. The van der Waals surface area contributed by atoms with Crippen LogP contribution in [0.2, 0.25) is 0 Å². The fourth-order valence-electron chi connectivity index (χ4n) is 4.62. The van der Waals surface area contributed by atoms with Crippen molar-refractivity contribution < 1.29 is 19.3 Å². The standard InChI is InChI=1S/C22H26N6O2/c1-2-19(27-12-10-26(11-13-27)18-6-4-3-5-7-18)22-23-24-25-28(22)15-17-8-9-20-21(14-17)30-16-29-20/h3-9,14,19H,2,10-13,15-16H2,1H3/p+2/t19-/m1/s1. The Bertz CT molecular complexity index is 984. The Labute approximate surface area is 176 Å². The molecule has 156 valence electrons. The summed E-state index contributed by atoms with van der Waals surface area (Å²) in [6, 6.07) is 17.1. The second kappa shape index (κ2) is 8.41. The highest BCUT2D eigenvalue weighted by atomic mass is 16.7. The van der Waals surface area contributed by atoms with Gasteiger partial charge in [0.25, 0.3) is 0 Å². The maximum atomic E-state index is 5.51.